The summed E-state index contributed by atoms with van der Waals surface area (Å²) < 4.78 is 5.62. The van der Waals surface area contributed by atoms with E-state index < -0.39 is 5.97 Å². The zero-order valence-corrected chi connectivity index (χ0v) is 17.8. The summed E-state index contributed by atoms with van der Waals surface area (Å²) in [6.07, 6.45) is 6.32. The van der Waals surface area contributed by atoms with E-state index in [1.54, 1.807) is 17.0 Å². The third-order valence-electron chi connectivity index (χ3n) is 6.21. The number of fused-ring (bicyclic) bond motifs is 2. The molecule has 3 aromatic heterocycles. The summed E-state index contributed by atoms with van der Waals surface area (Å²) in [4.78, 5) is 30.0. The van der Waals surface area contributed by atoms with Crippen molar-refractivity contribution in [1.29, 1.82) is 0 Å². The number of imidazole rings is 1. The first kappa shape index (κ1) is 19.6. The van der Waals surface area contributed by atoms with Crippen LogP contribution in [0.25, 0.3) is 21.9 Å². The van der Waals surface area contributed by atoms with Crippen molar-refractivity contribution in [3.63, 3.8) is 0 Å². The van der Waals surface area contributed by atoms with Crippen molar-refractivity contribution >= 4 is 27.9 Å². The molecule has 1 aliphatic carbocycles. The fourth-order valence-corrected chi connectivity index (χ4v) is 4.52. The second kappa shape index (κ2) is 7.41. The number of hydrogen-bond acceptors (Lipinski definition) is 3. The molecule has 0 aliphatic heterocycles. The van der Waals surface area contributed by atoms with Crippen LogP contribution in [0.2, 0.25) is 0 Å². The second-order valence-corrected chi connectivity index (χ2v) is 8.81. The van der Waals surface area contributed by atoms with Crippen molar-refractivity contribution in [2.45, 2.75) is 52.2 Å². The fourth-order valence-electron chi connectivity index (χ4n) is 4.52. The highest BCUT2D eigenvalue weighted by Gasteiger charge is 2.30. The van der Waals surface area contributed by atoms with E-state index in [0.29, 0.717) is 23.5 Å². The lowest BCUT2D eigenvalue weighted by Gasteiger charge is -2.14. The molecule has 1 aliphatic rings. The molecule has 1 N–H and O–H groups in total. The van der Waals surface area contributed by atoms with Gasteiger partial charge in [0, 0.05) is 29.7 Å². The van der Waals surface area contributed by atoms with Gasteiger partial charge in [-0.25, -0.2) is 9.59 Å². The van der Waals surface area contributed by atoms with Crippen LogP contribution in [-0.2, 0) is 13.1 Å². The van der Waals surface area contributed by atoms with Crippen LogP contribution in [0, 0.1) is 5.92 Å². The number of hydrogen-bond donors (Lipinski definition) is 1. The van der Waals surface area contributed by atoms with E-state index in [1.807, 2.05) is 34.9 Å². The zero-order chi connectivity index (χ0) is 21.7. The molecule has 0 spiro atoms. The van der Waals surface area contributed by atoms with E-state index in [9.17, 15) is 14.7 Å². The SMILES string of the molecule is CC(C)CCn1c(Cn2c(=O)n(C3CC3)c3ccncc32)c(C(=O)O)c2ccccc21. The first-order valence-corrected chi connectivity index (χ1v) is 10.9. The summed E-state index contributed by atoms with van der Waals surface area (Å²) in [5, 5.41) is 10.8. The monoisotopic (exact) mass is 418 g/mol. The molecule has 1 aromatic carbocycles. The van der Waals surface area contributed by atoms with E-state index in [4.69, 9.17) is 0 Å². The van der Waals surface area contributed by atoms with E-state index >= 15 is 0 Å². The van der Waals surface area contributed by atoms with Crippen molar-refractivity contribution in [2.24, 2.45) is 5.92 Å². The van der Waals surface area contributed by atoms with Gasteiger partial charge in [-0.05, 0) is 37.3 Å². The van der Waals surface area contributed by atoms with Crippen LogP contribution in [0.15, 0.2) is 47.5 Å². The van der Waals surface area contributed by atoms with Gasteiger partial charge >= 0.3 is 11.7 Å². The van der Waals surface area contributed by atoms with Gasteiger partial charge in [0.05, 0.1) is 35.0 Å². The van der Waals surface area contributed by atoms with E-state index in [2.05, 4.69) is 23.4 Å². The van der Waals surface area contributed by atoms with Crippen LogP contribution in [0.3, 0.4) is 0 Å². The Bertz CT molecular complexity index is 1350. The first-order chi connectivity index (χ1) is 15.0. The number of nitrogens with zero attached hydrogens (tertiary/aromatic N) is 4. The van der Waals surface area contributed by atoms with Gasteiger partial charge in [-0.1, -0.05) is 32.0 Å². The highest BCUT2D eigenvalue weighted by atomic mass is 16.4. The van der Waals surface area contributed by atoms with Gasteiger partial charge in [-0.2, -0.15) is 0 Å². The Morgan fingerprint density at radius 1 is 1.13 bits per heavy atom. The highest BCUT2D eigenvalue weighted by Crippen LogP contribution is 2.36. The minimum Gasteiger partial charge on any atom is -0.478 e. The average Bonchev–Trinajstić information content (AvgIpc) is 3.47. The number of carboxylic acids is 1. The van der Waals surface area contributed by atoms with Gasteiger partial charge in [0.2, 0.25) is 0 Å². The molecule has 0 unspecified atom stereocenters. The third kappa shape index (κ3) is 3.24. The number of rotatable bonds is 7. The molecule has 0 amide bonds. The highest BCUT2D eigenvalue weighted by molar-refractivity contribution is 6.05. The van der Waals surface area contributed by atoms with E-state index in [1.165, 1.54) is 0 Å². The summed E-state index contributed by atoms with van der Waals surface area (Å²) in [7, 11) is 0. The molecule has 4 aromatic rings. The molecule has 0 radical (unpaired) electrons. The molecular weight excluding hydrogens is 392 g/mol. The van der Waals surface area contributed by atoms with Crippen molar-refractivity contribution in [1.82, 2.24) is 18.7 Å². The van der Waals surface area contributed by atoms with Gasteiger partial charge < -0.3 is 9.67 Å². The lowest BCUT2D eigenvalue weighted by Crippen LogP contribution is -2.26. The molecule has 0 saturated heterocycles. The predicted molar refractivity (Wildman–Crippen MR) is 120 cm³/mol. The summed E-state index contributed by atoms with van der Waals surface area (Å²) in [5.74, 6) is -0.488. The number of pyridine rings is 1. The predicted octanol–water partition coefficient (Wildman–Crippen LogP) is 4.28. The Balaban J connectivity index is 1.74. The summed E-state index contributed by atoms with van der Waals surface area (Å²) >= 11 is 0. The minimum absolute atomic E-state index is 0.0949. The van der Waals surface area contributed by atoms with Crippen LogP contribution in [0.4, 0.5) is 0 Å². The third-order valence-corrected chi connectivity index (χ3v) is 6.21. The first-order valence-electron chi connectivity index (χ1n) is 10.9. The lowest BCUT2D eigenvalue weighted by molar-refractivity contribution is 0.0697. The Hall–Kier alpha value is -3.35. The van der Waals surface area contributed by atoms with Crippen LogP contribution in [0.1, 0.15) is 55.2 Å². The van der Waals surface area contributed by atoms with Crippen molar-refractivity contribution in [3.05, 3.63) is 64.5 Å². The van der Waals surface area contributed by atoms with Gasteiger partial charge in [-0.15, -0.1) is 0 Å². The summed E-state index contributed by atoms with van der Waals surface area (Å²) in [5.41, 5.74) is 3.35. The lowest BCUT2D eigenvalue weighted by atomic mass is 10.1. The Kier molecular flexibility index (Phi) is 4.68. The zero-order valence-electron chi connectivity index (χ0n) is 17.8. The standard InChI is InChI=1S/C24H26N4O3/c1-15(2)10-12-26-18-6-4-3-5-17(18)22(23(29)30)21(26)14-27-20-13-25-11-9-19(20)28(24(27)31)16-7-8-16/h3-6,9,11,13,15-16H,7-8,10,12,14H2,1-2H3,(H,29,30). The minimum atomic E-state index is -0.966. The topological polar surface area (TPSA) is 82.0 Å². The number of carboxylic acid groups (broad SMARTS) is 1. The van der Waals surface area contributed by atoms with Crippen molar-refractivity contribution in [2.75, 3.05) is 0 Å². The number of carbonyl (C=O) groups is 1. The van der Waals surface area contributed by atoms with Gasteiger partial charge in [0.1, 0.15) is 0 Å². The molecule has 1 saturated carbocycles. The number of benzene rings is 1. The smallest absolute Gasteiger partial charge is 0.338 e. The number of para-hydroxylation sites is 1. The maximum absolute atomic E-state index is 13.4. The van der Waals surface area contributed by atoms with Gasteiger partial charge in [0.25, 0.3) is 0 Å². The van der Waals surface area contributed by atoms with E-state index in [-0.39, 0.29) is 23.8 Å². The fraction of sp³-hybridized carbons (Fsp3) is 0.375. The molecule has 7 nitrogen and oxygen atoms in total. The van der Waals surface area contributed by atoms with Crippen LogP contribution in [-0.4, -0.2) is 29.8 Å². The van der Waals surface area contributed by atoms with Crippen molar-refractivity contribution < 1.29 is 9.90 Å². The molecule has 0 bridgehead atoms. The van der Waals surface area contributed by atoms with Crippen LogP contribution in [0.5, 0.6) is 0 Å². The normalized spacial score (nSPS) is 14.2. The second-order valence-electron chi connectivity index (χ2n) is 8.81. The summed E-state index contributed by atoms with van der Waals surface area (Å²) in [6, 6.07) is 9.70. The van der Waals surface area contributed by atoms with Crippen LogP contribution >= 0.6 is 0 Å². The van der Waals surface area contributed by atoms with Gasteiger partial charge in [-0.3, -0.25) is 14.1 Å². The largest absolute Gasteiger partial charge is 0.478 e. The number of aromatic nitrogens is 4. The van der Waals surface area contributed by atoms with Crippen LogP contribution < -0.4 is 5.69 Å². The number of aromatic carboxylic acids is 1. The Morgan fingerprint density at radius 3 is 2.61 bits per heavy atom. The maximum atomic E-state index is 13.4. The molecule has 5 rings (SSSR count). The molecule has 3 heterocycles. The maximum Gasteiger partial charge on any atom is 0.338 e. The molecular formula is C24H26N4O3. The quantitative estimate of drug-likeness (QED) is 0.486. The molecule has 7 heteroatoms. The molecule has 1 fully saturated rings. The van der Waals surface area contributed by atoms with E-state index in [0.717, 1.165) is 35.8 Å². The van der Waals surface area contributed by atoms with Gasteiger partial charge in [0.15, 0.2) is 0 Å². The average molecular weight is 418 g/mol. The number of aryl methyl sites for hydroxylation is 1. The summed E-state index contributed by atoms with van der Waals surface area (Å²) in [6.45, 7) is 5.22. The molecule has 31 heavy (non-hydrogen) atoms. The molecule has 160 valence electrons. The Labute approximate surface area is 179 Å². The Morgan fingerprint density at radius 2 is 1.90 bits per heavy atom. The van der Waals surface area contributed by atoms with Crippen molar-refractivity contribution in [3.8, 4) is 0 Å². The molecule has 0 atom stereocenters.